The number of carbonyl (C=O) groups is 2. The van der Waals surface area contributed by atoms with E-state index in [1.807, 2.05) is 46.7 Å². The fourth-order valence-electron chi connectivity index (χ4n) is 2.58. The fraction of sp³-hybridized carbons (Fsp3) is 0.263. The molecule has 3 amide bonds. The van der Waals surface area contributed by atoms with Gasteiger partial charge in [-0.25, -0.2) is 4.79 Å². The molecular weight excluding hydrogens is 334 g/mol. The molecule has 1 fully saturated rings. The Morgan fingerprint density at radius 1 is 1.20 bits per heavy atom. The van der Waals surface area contributed by atoms with Gasteiger partial charge >= 0.3 is 6.03 Å². The summed E-state index contributed by atoms with van der Waals surface area (Å²) < 4.78 is 0. The lowest BCUT2D eigenvalue weighted by Gasteiger charge is -2.26. The van der Waals surface area contributed by atoms with Gasteiger partial charge in [0.2, 0.25) is 5.91 Å². The molecule has 0 atom stereocenters. The van der Waals surface area contributed by atoms with Crippen molar-refractivity contribution < 1.29 is 9.59 Å². The van der Waals surface area contributed by atoms with Crippen LogP contribution in [0.25, 0.3) is 0 Å². The molecule has 0 bridgehead atoms. The number of thiophene rings is 1. The van der Waals surface area contributed by atoms with Gasteiger partial charge in [0.15, 0.2) is 0 Å². The van der Waals surface area contributed by atoms with E-state index < -0.39 is 0 Å². The van der Waals surface area contributed by atoms with Gasteiger partial charge in [0.05, 0.1) is 11.5 Å². The van der Waals surface area contributed by atoms with Crippen LogP contribution in [-0.2, 0) is 4.79 Å². The van der Waals surface area contributed by atoms with E-state index in [1.54, 1.807) is 0 Å². The molecule has 2 aromatic rings. The highest BCUT2D eigenvalue weighted by atomic mass is 32.1. The molecule has 0 unspecified atom stereocenters. The van der Waals surface area contributed by atoms with Crippen molar-refractivity contribution in [1.82, 2.24) is 5.32 Å². The molecule has 5 nitrogen and oxygen atoms in total. The van der Waals surface area contributed by atoms with Crippen LogP contribution in [0.3, 0.4) is 0 Å². The minimum absolute atomic E-state index is 0.186. The van der Waals surface area contributed by atoms with Crippen molar-refractivity contribution in [1.29, 1.82) is 0 Å². The van der Waals surface area contributed by atoms with E-state index >= 15 is 0 Å². The molecule has 128 valence electrons. The molecule has 0 radical (unpaired) electrons. The molecule has 0 saturated carbocycles. The number of rotatable bonds is 3. The van der Waals surface area contributed by atoms with Crippen LogP contribution in [0.5, 0.6) is 0 Å². The molecule has 0 aliphatic carbocycles. The van der Waals surface area contributed by atoms with E-state index in [1.165, 1.54) is 11.3 Å². The number of nitrogens with one attached hydrogen (secondary N) is 2. The van der Waals surface area contributed by atoms with Gasteiger partial charge in [-0.15, -0.1) is 11.3 Å². The first kappa shape index (κ1) is 17.1. The Bertz CT molecular complexity index is 788. The summed E-state index contributed by atoms with van der Waals surface area (Å²) >= 11 is 1.46. The van der Waals surface area contributed by atoms with Crippen LogP contribution in [0.1, 0.15) is 24.8 Å². The second kappa shape index (κ2) is 8.36. The number of hydrogen-bond acceptors (Lipinski definition) is 3. The van der Waals surface area contributed by atoms with E-state index in [9.17, 15) is 9.59 Å². The topological polar surface area (TPSA) is 61.4 Å². The highest BCUT2D eigenvalue weighted by Crippen LogP contribution is 2.21. The van der Waals surface area contributed by atoms with E-state index in [-0.39, 0.29) is 18.5 Å². The first-order chi connectivity index (χ1) is 12.2. The van der Waals surface area contributed by atoms with Crippen molar-refractivity contribution >= 4 is 34.0 Å². The highest BCUT2D eigenvalue weighted by molar-refractivity contribution is 7.14. The molecule has 2 heterocycles. The minimum Gasteiger partial charge on any atom is -0.327 e. The van der Waals surface area contributed by atoms with Crippen LogP contribution in [0.4, 0.5) is 15.5 Å². The van der Waals surface area contributed by atoms with Crippen LogP contribution in [0, 0.1) is 11.8 Å². The van der Waals surface area contributed by atoms with Crippen LogP contribution in [0.15, 0.2) is 41.8 Å². The van der Waals surface area contributed by atoms with Gasteiger partial charge in [0.25, 0.3) is 0 Å². The predicted octanol–water partition coefficient (Wildman–Crippen LogP) is 3.44. The number of benzene rings is 1. The molecule has 25 heavy (non-hydrogen) atoms. The van der Waals surface area contributed by atoms with Gasteiger partial charge in [-0.2, -0.15) is 0 Å². The largest absolute Gasteiger partial charge is 0.327 e. The Morgan fingerprint density at radius 3 is 2.76 bits per heavy atom. The Morgan fingerprint density at radius 2 is 2.04 bits per heavy atom. The lowest BCUT2D eigenvalue weighted by Crippen LogP contribution is -2.35. The van der Waals surface area contributed by atoms with Crippen molar-refractivity contribution in [2.24, 2.45) is 0 Å². The maximum atomic E-state index is 11.9. The zero-order chi connectivity index (χ0) is 17.5. The average Bonchev–Trinajstić information content (AvgIpc) is 3.13. The number of nitrogens with zero attached hydrogens (tertiary/aromatic N) is 1. The molecule has 1 aromatic carbocycles. The van der Waals surface area contributed by atoms with Gasteiger partial charge < -0.3 is 10.2 Å². The first-order valence-electron chi connectivity index (χ1n) is 8.20. The Balaban J connectivity index is 1.49. The van der Waals surface area contributed by atoms with Gasteiger partial charge in [0, 0.05) is 24.2 Å². The lowest BCUT2D eigenvalue weighted by molar-refractivity contribution is -0.119. The predicted molar refractivity (Wildman–Crippen MR) is 101 cm³/mol. The molecule has 1 aliphatic rings. The molecule has 1 saturated heterocycles. The van der Waals surface area contributed by atoms with Gasteiger partial charge in [-0.3, -0.25) is 10.1 Å². The van der Waals surface area contributed by atoms with Crippen LogP contribution >= 0.6 is 11.3 Å². The smallest absolute Gasteiger partial charge is 0.320 e. The molecular formula is C19H19N3O2S. The Kier molecular flexibility index (Phi) is 5.70. The first-order valence-corrected chi connectivity index (χ1v) is 9.08. The van der Waals surface area contributed by atoms with Crippen LogP contribution in [0.2, 0.25) is 0 Å². The molecule has 6 heteroatoms. The zero-order valence-electron chi connectivity index (χ0n) is 13.7. The summed E-state index contributed by atoms with van der Waals surface area (Å²) in [6, 6.07) is 11.1. The number of anilines is 2. The summed E-state index contributed by atoms with van der Waals surface area (Å²) in [5.74, 6) is 6.11. The monoisotopic (exact) mass is 353 g/mol. The number of amides is 3. The van der Waals surface area contributed by atoms with Crippen LogP contribution < -0.4 is 15.5 Å². The third-order valence-corrected chi connectivity index (χ3v) is 4.62. The second-order valence-corrected chi connectivity index (χ2v) is 6.58. The summed E-state index contributed by atoms with van der Waals surface area (Å²) in [5, 5.41) is 8.12. The summed E-state index contributed by atoms with van der Waals surface area (Å²) in [6.07, 6.45) is 2.65. The summed E-state index contributed by atoms with van der Waals surface area (Å²) in [5.41, 5.74) is 1.78. The lowest BCUT2D eigenvalue weighted by atomic mass is 10.1. The molecule has 1 aliphatic heterocycles. The van der Waals surface area contributed by atoms with Crippen LogP contribution in [-0.4, -0.2) is 25.0 Å². The number of urea groups is 1. The van der Waals surface area contributed by atoms with Crippen molar-refractivity contribution in [2.75, 3.05) is 23.3 Å². The van der Waals surface area contributed by atoms with E-state index in [4.69, 9.17) is 0 Å². The number of piperidine rings is 1. The quantitative estimate of drug-likeness (QED) is 0.831. The normalized spacial score (nSPS) is 13.8. The molecule has 0 spiro atoms. The van der Waals surface area contributed by atoms with E-state index in [0.29, 0.717) is 6.42 Å². The summed E-state index contributed by atoms with van der Waals surface area (Å²) in [6.45, 7) is 1.05. The maximum Gasteiger partial charge on any atom is 0.320 e. The third kappa shape index (κ3) is 4.85. The highest BCUT2D eigenvalue weighted by Gasteiger charge is 2.19. The Labute approximate surface area is 151 Å². The van der Waals surface area contributed by atoms with Crippen molar-refractivity contribution in [3.8, 4) is 11.8 Å². The van der Waals surface area contributed by atoms with E-state index in [2.05, 4.69) is 22.5 Å². The van der Waals surface area contributed by atoms with Gasteiger partial charge in [-0.05, 0) is 54.6 Å². The average molecular weight is 353 g/mol. The minimum atomic E-state index is -0.268. The molecule has 2 N–H and O–H groups in total. The summed E-state index contributed by atoms with van der Waals surface area (Å²) in [7, 11) is 0. The maximum absolute atomic E-state index is 11.9. The van der Waals surface area contributed by atoms with Gasteiger partial charge in [-0.1, -0.05) is 11.8 Å². The second-order valence-electron chi connectivity index (χ2n) is 5.64. The van der Waals surface area contributed by atoms with Crippen molar-refractivity contribution in [3.63, 3.8) is 0 Å². The number of carbonyl (C=O) groups excluding carboxylic acids is 2. The standard InChI is InChI=1S/C19H19N3O2S/c23-18-7-1-2-13-22(18)16-10-8-15(9-11-16)5-3-12-20-19(24)21-17-6-4-14-25-17/h4,6,8-11,14H,1-2,7,12-13H2,(H2,20,21,24). The van der Waals surface area contributed by atoms with E-state index in [0.717, 1.165) is 35.6 Å². The summed E-state index contributed by atoms with van der Waals surface area (Å²) in [4.78, 5) is 25.4. The van der Waals surface area contributed by atoms with Crippen molar-refractivity contribution in [2.45, 2.75) is 19.3 Å². The zero-order valence-corrected chi connectivity index (χ0v) is 14.6. The number of hydrogen-bond donors (Lipinski definition) is 2. The molecule has 3 rings (SSSR count). The SMILES string of the molecule is O=C(NCC#Cc1ccc(N2CCCCC2=O)cc1)Nc1cccs1. The van der Waals surface area contributed by atoms with Gasteiger partial charge in [0.1, 0.15) is 0 Å². The fourth-order valence-corrected chi connectivity index (χ4v) is 3.19. The Hall–Kier alpha value is -2.78. The third-order valence-electron chi connectivity index (χ3n) is 3.83. The molecule has 1 aromatic heterocycles. The van der Waals surface area contributed by atoms with Crippen molar-refractivity contribution in [3.05, 3.63) is 47.3 Å².